The molecule has 1 heterocycles. The normalized spacial score (nSPS) is 11.2. The Morgan fingerprint density at radius 1 is 1.35 bits per heavy atom. The summed E-state index contributed by atoms with van der Waals surface area (Å²) in [6, 6.07) is 2.99. The molecule has 0 aliphatic rings. The zero-order valence-corrected chi connectivity index (χ0v) is 9.76. The third-order valence-corrected chi connectivity index (χ3v) is 2.41. The Morgan fingerprint density at radius 3 is 2.53 bits per heavy atom. The highest BCUT2D eigenvalue weighted by Crippen LogP contribution is 2.32. The van der Waals surface area contributed by atoms with Crippen molar-refractivity contribution in [3.8, 4) is 5.75 Å². The number of aromatic hydroxyl groups is 1. The van der Waals surface area contributed by atoms with Gasteiger partial charge in [0.05, 0.1) is 16.3 Å². The SMILES string of the molecule is Nc1nnnn1N=Cc1cc(Cl)c(O)c(Cl)c1. The molecule has 0 spiro atoms. The molecular weight excluding hydrogens is 267 g/mol. The van der Waals surface area contributed by atoms with Gasteiger partial charge in [-0.3, -0.25) is 0 Å². The van der Waals surface area contributed by atoms with Crippen LogP contribution < -0.4 is 5.73 Å². The maximum Gasteiger partial charge on any atom is 0.263 e. The second kappa shape index (κ2) is 4.56. The Bertz CT molecular complexity index is 558. The third kappa shape index (κ3) is 2.45. The molecule has 0 bridgehead atoms. The largest absolute Gasteiger partial charge is 0.505 e. The van der Waals surface area contributed by atoms with Crippen LogP contribution in [0.5, 0.6) is 5.75 Å². The molecule has 0 aliphatic carbocycles. The molecule has 0 amide bonds. The maximum atomic E-state index is 9.36. The number of anilines is 1. The van der Waals surface area contributed by atoms with Gasteiger partial charge >= 0.3 is 0 Å². The van der Waals surface area contributed by atoms with E-state index in [1.165, 1.54) is 18.3 Å². The Hall–Kier alpha value is -1.86. The third-order valence-electron chi connectivity index (χ3n) is 1.83. The first-order valence-electron chi connectivity index (χ1n) is 4.34. The highest BCUT2D eigenvalue weighted by Gasteiger charge is 2.05. The lowest BCUT2D eigenvalue weighted by molar-refractivity contribution is 0.476. The highest BCUT2D eigenvalue weighted by molar-refractivity contribution is 6.37. The van der Waals surface area contributed by atoms with Crippen molar-refractivity contribution in [2.75, 3.05) is 5.73 Å². The summed E-state index contributed by atoms with van der Waals surface area (Å²) in [6.45, 7) is 0. The lowest BCUT2D eigenvalue weighted by Gasteiger charge is -2.00. The molecule has 0 radical (unpaired) electrons. The van der Waals surface area contributed by atoms with Crippen LogP contribution in [0.3, 0.4) is 0 Å². The van der Waals surface area contributed by atoms with Crippen molar-refractivity contribution in [3.05, 3.63) is 27.7 Å². The van der Waals surface area contributed by atoms with Gasteiger partial charge < -0.3 is 10.8 Å². The Kier molecular flexibility index (Phi) is 3.12. The van der Waals surface area contributed by atoms with E-state index in [2.05, 4.69) is 20.6 Å². The van der Waals surface area contributed by atoms with E-state index < -0.39 is 0 Å². The van der Waals surface area contributed by atoms with Crippen molar-refractivity contribution in [2.24, 2.45) is 5.10 Å². The number of nitrogen functional groups attached to an aromatic ring is 1. The van der Waals surface area contributed by atoms with Gasteiger partial charge in [0, 0.05) is 0 Å². The molecule has 7 nitrogen and oxygen atoms in total. The molecule has 0 atom stereocenters. The van der Waals surface area contributed by atoms with E-state index in [4.69, 9.17) is 28.9 Å². The number of benzene rings is 1. The lowest BCUT2D eigenvalue weighted by Crippen LogP contribution is -1.99. The minimum Gasteiger partial charge on any atom is -0.505 e. The number of aromatic nitrogens is 4. The van der Waals surface area contributed by atoms with Crippen LogP contribution in [0.4, 0.5) is 5.95 Å². The molecule has 1 aromatic carbocycles. The molecule has 0 unspecified atom stereocenters. The molecular formula is C8H6Cl2N6O. The van der Waals surface area contributed by atoms with Gasteiger partial charge in [0.1, 0.15) is 0 Å². The van der Waals surface area contributed by atoms with Crippen molar-refractivity contribution in [1.29, 1.82) is 0 Å². The molecule has 17 heavy (non-hydrogen) atoms. The number of rotatable bonds is 2. The second-order valence-electron chi connectivity index (χ2n) is 3.00. The van der Waals surface area contributed by atoms with Gasteiger partial charge in [0.2, 0.25) is 0 Å². The Labute approximate surface area is 105 Å². The van der Waals surface area contributed by atoms with Crippen LogP contribution in [0.2, 0.25) is 10.0 Å². The van der Waals surface area contributed by atoms with Gasteiger partial charge in [-0.25, -0.2) is 0 Å². The van der Waals surface area contributed by atoms with E-state index in [0.29, 0.717) is 5.56 Å². The molecule has 2 rings (SSSR count). The van der Waals surface area contributed by atoms with E-state index in [1.54, 1.807) is 0 Å². The molecule has 1 aromatic heterocycles. The van der Waals surface area contributed by atoms with Crippen molar-refractivity contribution < 1.29 is 5.11 Å². The monoisotopic (exact) mass is 272 g/mol. The fourth-order valence-corrected chi connectivity index (χ4v) is 1.56. The smallest absolute Gasteiger partial charge is 0.263 e. The summed E-state index contributed by atoms with van der Waals surface area (Å²) in [5, 5.41) is 23.8. The number of halogens is 2. The topological polar surface area (TPSA) is 102 Å². The van der Waals surface area contributed by atoms with Gasteiger partial charge in [0.25, 0.3) is 5.95 Å². The fourth-order valence-electron chi connectivity index (χ4n) is 1.05. The van der Waals surface area contributed by atoms with E-state index in [9.17, 15) is 5.11 Å². The fraction of sp³-hybridized carbons (Fsp3) is 0. The van der Waals surface area contributed by atoms with Crippen molar-refractivity contribution in [3.63, 3.8) is 0 Å². The van der Waals surface area contributed by atoms with Crippen LogP contribution in [0, 0.1) is 0 Å². The van der Waals surface area contributed by atoms with Crippen molar-refractivity contribution >= 4 is 35.4 Å². The summed E-state index contributed by atoms with van der Waals surface area (Å²) in [4.78, 5) is 1.04. The predicted octanol–water partition coefficient (Wildman–Crippen LogP) is 1.15. The van der Waals surface area contributed by atoms with E-state index in [-0.39, 0.29) is 21.7 Å². The van der Waals surface area contributed by atoms with Gasteiger partial charge in [-0.15, -0.1) is 0 Å². The zero-order valence-electron chi connectivity index (χ0n) is 8.25. The van der Waals surface area contributed by atoms with Crippen LogP contribution in [0.15, 0.2) is 17.2 Å². The molecule has 2 aromatic rings. The average Bonchev–Trinajstić information content (AvgIpc) is 2.69. The molecule has 0 aliphatic heterocycles. The zero-order chi connectivity index (χ0) is 12.4. The van der Waals surface area contributed by atoms with Gasteiger partial charge in [-0.05, 0) is 28.1 Å². The molecule has 0 saturated heterocycles. The van der Waals surface area contributed by atoms with Crippen molar-refractivity contribution in [1.82, 2.24) is 20.3 Å². The van der Waals surface area contributed by atoms with Gasteiger partial charge in [-0.2, -0.15) is 5.10 Å². The Morgan fingerprint density at radius 2 is 2.00 bits per heavy atom. The van der Waals surface area contributed by atoms with Crippen LogP contribution in [0.25, 0.3) is 0 Å². The molecule has 9 heteroatoms. The highest BCUT2D eigenvalue weighted by atomic mass is 35.5. The summed E-state index contributed by atoms with van der Waals surface area (Å²) in [6.07, 6.45) is 1.41. The van der Waals surface area contributed by atoms with E-state index in [0.717, 1.165) is 4.79 Å². The number of phenols is 1. The first-order chi connectivity index (χ1) is 8.08. The molecule has 0 saturated carbocycles. The predicted molar refractivity (Wildman–Crippen MR) is 63.3 cm³/mol. The Balaban J connectivity index is 2.31. The standard InChI is InChI=1S/C8H6Cl2N6O/c9-5-1-4(2-6(10)7(5)17)3-12-16-8(11)13-14-15-16/h1-3,17H,(H2,11,13,15). The second-order valence-corrected chi connectivity index (χ2v) is 3.82. The van der Waals surface area contributed by atoms with Crippen LogP contribution in [0.1, 0.15) is 5.56 Å². The lowest BCUT2D eigenvalue weighted by atomic mass is 10.2. The van der Waals surface area contributed by atoms with E-state index in [1.807, 2.05) is 0 Å². The summed E-state index contributed by atoms with van der Waals surface area (Å²) in [7, 11) is 0. The maximum absolute atomic E-state index is 9.36. The van der Waals surface area contributed by atoms with Crippen molar-refractivity contribution in [2.45, 2.75) is 0 Å². The minimum absolute atomic E-state index is 0.0530. The van der Waals surface area contributed by atoms with Crippen LogP contribution in [-0.4, -0.2) is 31.6 Å². The molecule has 3 N–H and O–H groups in total. The van der Waals surface area contributed by atoms with E-state index >= 15 is 0 Å². The summed E-state index contributed by atoms with van der Waals surface area (Å²) >= 11 is 11.5. The summed E-state index contributed by atoms with van der Waals surface area (Å²) < 4.78 is 0. The minimum atomic E-state index is -0.174. The average molecular weight is 273 g/mol. The molecule has 88 valence electrons. The number of nitrogens with two attached hydrogens (primary N) is 1. The van der Waals surface area contributed by atoms with Gasteiger partial charge in [0.15, 0.2) is 5.75 Å². The quantitative estimate of drug-likeness (QED) is 0.799. The molecule has 0 fully saturated rings. The number of tetrazole rings is 1. The first-order valence-corrected chi connectivity index (χ1v) is 5.09. The van der Waals surface area contributed by atoms with Crippen LogP contribution >= 0.6 is 23.2 Å². The van der Waals surface area contributed by atoms with Gasteiger partial charge in [-0.1, -0.05) is 33.1 Å². The number of hydrogen-bond acceptors (Lipinski definition) is 6. The van der Waals surface area contributed by atoms with Crippen LogP contribution in [-0.2, 0) is 0 Å². The number of hydrogen-bond donors (Lipinski definition) is 2. The first kappa shape index (κ1) is 11.6. The summed E-state index contributed by atoms with van der Waals surface area (Å²) in [5.74, 6) is -0.121. The number of nitrogens with zero attached hydrogens (tertiary/aromatic N) is 5. The summed E-state index contributed by atoms with van der Waals surface area (Å²) in [5.41, 5.74) is 5.99. The number of phenolic OH excluding ortho intramolecular Hbond substituents is 1.